The Labute approximate surface area is 175 Å². The molecule has 0 saturated carbocycles. The van der Waals surface area contributed by atoms with Crippen LogP contribution in [0.5, 0.6) is 0 Å². The van der Waals surface area contributed by atoms with Crippen LogP contribution in [0, 0.1) is 0 Å². The van der Waals surface area contributed by atoms with E-state index in [4.69, 9.17) is 11.6 Å². The lowest BCUT2D eigenvalue weighted by Gasteiger charge is -2.12. The number of Topliss-reactive ketones (excluding diaryl/α,β-unsaturated/α-hetero) is 1. The Kier molecular flexibility index (Phi) is 6.22. The van der Waals surface area contributed by atoms with Crippen LogP contribution >= 0.6 is 11.6 Å². The summed E-state index contributed by atoms with van der Waals surface area (Å²) in [5, 5.41) is 3.85. The van der Waals surface area contributed by atoms with Crippen LogP contribution in [-0.2, 0) is 9.84 Å². The Hall–Kier alpha value is -2.79. The largest absolute Gasteiger partial charge is 0.299 e. The van der Waals surface area contributed by atoms with Crippen molar-refractivity contribution in [1.29, 1.82) is 0 Å². The van der Waals surface area contributed by atoms with E-state index >= 15 is 0 Å². The molecule has 1 atom stereocenters. The summed E-state index contributed by atoms with van der Waals surface area (Å²) in [5.74, 6) is -1.68. The fourth-order valence-corrected chi connectivity index (χ4v) is 3.71. The van der Waals surface area contributed by atoms with Gasteiger partial charge in [-0.1, -0.05) is 18.5 Å². The molecule has 0 N–H and O–H groups in total. The first-order valence-electron chi connectivity index (χ1n) is 8.62. The van der Waals surface area contributed by atoms with Crippen molar-refractivity contribution in [2.45, 2.75) is 30.6 Å². The van der Waals surface area contributed by atoms with Gasteiger partial charge in [-0.05, 0) is 24.3 Å². The molecule has 0 radical (unpaired) electrons. The Morgan fingerprint density at radius 1 is 1.20 bits per heavy atom. The number of aromatic nitrogens is 5. The summed E-state index contributed by atoms with van der Waals surface area (Å²) >= 11 is 5.95. The molecule has 0 spiro atoms. The second-order valence-corrected chi connectivity index (χ2v) is 9.02. The summed E-state index contributed by atoms with van der Waals surface area (Å²) < 4.78 is 51.0. The molecule has 0 saturated heterocycles. The van der Waals surface area contributed by atoms with Gasteiger partial charge < -0.3 is 0 Å². The number of carbonyl (C=O) groups excluding carboxylic acids is 1. The molecule has 0 bridgehead atoms. The lowest BCUT2D eigenvalue weighted by atomic mass is 9.99. The lowest BCUT2D eigenvalue weighted by molar-refractivity contribution is 0.0974. The lowest BCUT2D eigenvalue weighted by Crippen LogP contribution is -2.13. The number of benzene rings is 1. The van der Waals surface area contributed by atoms with Crippen molar-refractivity contribution < 1.29 is 22.0 Å². The Bertz CT molecular complexity index is 1190. The highest BCUT2D eigenvalue weighted by atomic mass is 35.5. The minimum absolute atomic E-state index is 0.0355. The number of hydrogen-bond acceptors (Lipinski definition) is 7. The molecule has 1 aromatic carbocycles. The van der Waals surface area contributed by atoms with Crippen LogP contribution in [0.3, 0.4) is 0 Å². The molecule has 158 valence electrons. The van der Waals surface area contributed by atoms with E-state index in [-0.39, 0.29) is 33.7 Å². The predicted molar refractivity (Wildman–Crippen MR) is 104 cm³/mol. The predicted octanol–water partition coefficient (Wildman–Crippen LogP) is 3.43. The van der Waals surface area contributed by atoms with Crippen LogP contribution in [0.1, 0.15) is 47.7 Å². The van der Waals surface area contributed by atoms with Gasteiger partial charge in [0.2, 0.25) is 5.82 Å². The smallest absolute Gasteiger partial charge is 0.294 e. The molecule has 0 amide bonds. The number of alkyl halides is 2. The third-order valence-electron chi connectivity index (χ3n) is 4.14. The molecule has 30 heavy (non-hydrogen) atoms. The average Bonchev–Trinajstić information content (AvgIpc) is 3.13. The molecular weight excluding hydrogens is 440 g/mol. The summed E-state index contributed by atoms with van der Waals surface area (Å²) in [5.41, 5.74) is 0.0888. The molecule has 0 aliphatic carbocycles. The summed E-state index contributed by atoms with van der Waals surface area (Å²) in [4.78, 5) is 24.5. The Morgan fingerprint density at radius 3 is 2.47 bits per heavy atom. The maximum atomic E-state index is 13.1. The highest BCUT2D eigenvalue weighted by Crippen LogP contribution is 2.26. The number of ketones is 1. The topological polar surface area (TPSA) is 108 Å². The van der Waals surface area contributed by atoms with Gasteiger partial charge in [0.05, 0.1) is 4.90 Å². The minimum Gasteiger partial charge on any atom is -0.294 e. The molecule has 3 rings (SSSR count). The van der Waals surface area contributed by atoms with E-state index in [0.29, 0.717) is 0 Å². The molecule has 2 heterocycles. The van der Waals surface area contributed by atoms with Crippen molar-refractivity contribution in [2.24, 2.45) is 0 Å². The first-order chi connectivity index (χ1) is 14.1. The van der Waals surface area contributed by atoms with E-state index < -0.39 is 33.8 Å². The van der Waals surface area contributed by atoms with Crippen LogP contribution in [0.25, 0.3) is 5.95 Å². The molecule has 0 aliphatic heterocycles. The van der Waals surface area contributed by atoms with Crippen molar-refractivity contribution in [3.05, 3.63) is 58.9 Å². The van der Waals surface area contributed by atoms with Crippen molar-refractivity contribution in [3.63, 3.8) is 0 Å². The average molecular weight is 456 g/mol. The fourth-order valence-electron chi connectivity index (χ4n) is 2.72. The molecule has 12 heteroatoms. The number of sulfone groups is 1. The number of rotatable bonds is 7. The Morgan fingerprint density at radius 2 is 1.87 bits per heavy atom. The van der Waals surface area contributed by atoms with Gasteiger partial charge in [-0.3, -0.25) is 4.79 Å². The van der Waals surface area contributed by atoms with E-state index in [1.165, 1.54) is 30.6 Å². The monoisotopic (exact) mass is 455 g/mol. The van der Waals surface area contributed by atoms with Crippen molar-refractivity contribution in [3.8, 4) is 5.95 Å². The van der Waals surface area contributed by atoms with Gasteiger partial charge >= 0.3 is 0 Å². The van der Waals surface area contributed by atoms with Crippen LogP contribution in [0.15, 0.2) is 41.6 Å². The van der Waals surface area contributed by atoms with Crippen molar-refractivity contribution in [2.75, 3.05) is 6.26 Å². The van der Waals surface area contributed by atoms with Gasteiger partial charge in [-0.25, -0.2) is 32.2 Å². The number of halogens is 3. The fraction of sp³-hybridized carbons (Fsp3) is 0.278. The van der Waals surface area contributed by atoms with Crippen LogP contribution < -0.4 is 0 Å². The highest BCUT2D eigenvalue weighted by Gasteiger charge is 2.25. The first kappa shape index (κ1) is 21.9. The zero-order valence-corrected chi connectivity index (χ0v) is 17.4. The van der Waals surface area contributed by atoms with Gasteiger partial charge in [0, 0.05) is 41.6 Å². The molecule has 0 aliphatic rings. The third kappa shape index (κ3) is 4.85. The number of nitrogens with zero attached hydrogens (tertiary/aromatic N) is 5. The quantitative estimate of drug-likeness (QED) is 0.502. The number of hydrogen-bond donors (Lipinski definition) is 0. The summed E-state index contributed by atoms with van der Waals surface area (Å²) in [6.45, 7) is 1.61. The standard InChI is InChI=1S/C18H16ClF2N5O3S/c1-10(6-14(27)11-7-12(19)9-13(8-11)30(2,28)29)17-24-16(15(20)21)25-26(17)18-22-4-3-5-23-18/h3-5,7-10,15H,6H2,1-2H3. The van der Waals surface area contributed by atoms with Gasteiger partial charge in [0.15, 0.2) is 15.6 Å². The van der Waals surface area contributed by atoms with Crippen LogP contribution in [0.2, 0.25) is 5.02 Å². The number of carbonyl (C=O) groups is 1. The second-order valence-electron chi connectivity index (χ2n) is 6.57. The van der Waals surface area contributed by atoms with Gasteiger partial charge in [0.1, 0.15) is 5.82 Å². The van der Waals surface area contributed by atoms with Gasteiger partial charge in [-0.2, -0.15) is 4.68 Å². The zero-order valence-electron chi connectivity index (χ0n) is 15.8. The Balaban J connectivity index is 1.94. The third-order valence-corrected chi connectivity index (χ3v) is 5.45. The van der Waals surface area contributed by atoms with Crippen LogP contribution in [-0.4, -0.2) is 45.2 Å². The van der Waals surface area contributed by atoms with Crippen molar-refractivity contribution in [1.82, 2.24) is 24.7 Å². The van der Waals surface area contributed by atoms with Gasteiger partial charge in [0.25, 0.3) is 12.4 Å². The molecule has 8 nitrogen and oxygen atoms in total. The van der Waals surface area contributed by atoms with E-state index in [0.717, 1.165) is 10.9 Å². The van der Waals surface area contributed by atoms with Crippen LogP contribution in [0.4, 0.5) is 8.78 Å². The molecule has 2 aromatic heterocycles. The molecular formula is C18H16ClF2N5O3S. The maximum absolute atomic E-state index is 13.1. The molecule has 3 aromatic rings. The zero-order chi connectivity index (χ0) is 22.1. The highest BCUT2D eigenvalue weighted by molar-refractivity contribution is 7.90. The van der Waals surface area contributed by atoms with E-state index in [9.17, 15) is 22.0 Å². The van der Waals surface area contributed by atoms with Gasteiger partial charge in [-0.15, -0.1) is 5.10 Å². The summed E-state index contributed by atoms with van der Waals surface area (Å²) in [6.07, 6.45) is 0.776. The normalized spacial score (nSPS) is 12.9. The molecule has 1 unspecified atom stereocenters. The molecule has 0 fully saturated rings. The summed E-state index contributed by atoms with van der Waals surface area (Å²) in [6, 6.07) is 5.38. The van der Waals surface area contributed by atoms with Crippen molar-refractivity contribution >= 4 is 27.2 Å². The minimum atomic E-state index is -3.57. The second kappa shape index (κ2) is 8.52. The summed E-state index contributed by atoms with van der Waals surface area (Å²) in [7, 11) is -3.57. The SMILES string of the molecule is CC(CC(=O)c1cc(Cl)cc(S(C)(=O)=O)c1)c1nc(C(F)F)nn1-c1ncccn1. The van der Waals surface area contributed by atoms with E-state index in [2.05, 4.69) is 20.1 Å². The first-order valence-corrected chi connectivity index (χ1v) is 10.9. The maximum Gasteiger partial charge on any atom is 0.299 e. The van der Waals surface area contributed by atoms with E-state index in [1.54, 1.807) is 13.0 Å². The van der Waals surface area contributed by atoms with E-state index in [1.807, 2.05) is 0 Å².